The van der Waals surface area contributed by atoms with Crippen molar-refractivity contribution in [2.24, 2.45) is 10.9 Å². The molecule has 1 fully saturated rings. The number of sulfonamides is 1. The Bertz CT molecular complexity index is 1400. The van der Waals surface area contributed by atoms with E-state index in [4.69, 9.17) is 10.9 Å². The maximum Gasteiger partial charge on any atom is 0.407 e. The number of benzene rings is 2. The van der Waals surface area contributed by atoms with Gasteiger partial charge in [-0.1, -0.05) is 77.0 Å². The van der Waals surface area contributed by atoms with E-state index in [-0.39, 0.29) is 61.1 Å². The number of carbonyl (C=O) groups excluding carboxylic acids is 1. The highest BCUT2D eigenvalue weighted by atomic mass is 32.2. The molecular formula is C30H43N5O6S. The Kier molecular flexibility index (Phi) is 10.6. The van der Waals surface area contributed by atoms with Crippen LogP contribution in [0.1, 0.15) is 87.1 Å². The number of amidine groups is 1. The molecule has 230 valence electrons. The van der Waals surface area contributed by atoms with Crippen molar-refractivity contribution in [2.45, 2.75) is 76.7 Å². The number of rotatable bonds is 10. The van der Waals surface area contributed by atoms with Gasteiger partial charge in [0.2, 0.25) is 15.9 Å². The van der Waals surface area contributed by atoms with Crippen molar-refractivity contribution in [3.8, 4) is 0 Å². The highest BCUT2D eigenvalue weighted by Gasteiger charge is 2.35. The van der Waals surface area contributed by atoms with Crippen molar-refractivity contribution in [1.29, 1.82) is 0 Å². The monoisotopic (exact) mass is 601 g/mol. The van der Waals surface area contributed by atoms with Crippen LogP contribution in [0.15, 0.2) is 46.4 Å². The first kappa shape index (κ1) is 32.9. The lowest BCUT2D eigenvalue weighted by Crippen LogP contribution is -2.56. The third kappa shape index (κ3) is 7.60. The predicted octanol–water partition coefficient (Wildman–Crippen LogP) is 3.86. The lowest BCUT2D eigenvalue weighted by molar-refractivity contribution is -0.134. The summed E-state index contributed by atoms with van der Waals surface area (Å²) in [6.07, 6.45) is -1.06. The summed E-state index contributed by atoms with van der Waals surface area (Å²) in [5, 5.41) is 21.5. The van der Waals surface area contributed by atoms with E-state index < -0.39 is 28.1 Å². The maximum atomic E-state index is 14.3. The molecule has 42 heavy (non-hydrogen) atoms. The molecule has 0 aliphatic carbocycles. The topological polar surface area (TPSA) is 166 Å². The van der Waals surface area contributed by atoms with Crippen molar-refractivity contribution in [1.82, 2.24) is 14.5 Å². The van der Waals surface area contributed by atoms with Crippen LogP contribution in [0.25, 0.3) is 0 Å². The minimum Gasteiger partial charge on any atom is -0.465 e. The smallest absolute Gasteiger partial charge is 0.407 e. The van der Waals surface area contributed by atoms with Gasteiger partial charge in [-0.05, 0) is 52.5 Å². The third-order valence-corrected chi connectivity index (χ3v) is 9.18. The van der Waals surface area contributed by atoms with Crippen molar-refractivity contribution >= 4 is 27.9 Å². The van der Waals surface area contributed by atoms with Gasteiger partial charge in [0.1, 0.15) is 6.04 Å². The normalized spacial score (nSPS) is 15.5. The highest BCUT2D eigenvalue weighted by molar-refractivity contribution is 7.89. The van der Waals surface area contributed by atoms with E-state index in [2.05, 4.69) is 23.7 Å². The fourth-order valence-corrected chi connectivity index (χ4v) is 7.00. The van der Waals surface area contributed by atoms with Crippen molar-refractivity contribution in [3.05, 3.63) is 64.2 Å². The number of nitrogens with zero attached hydrogens (tertiary/aromatic N) is 3. The van der Waals surface area contributed by atoms with Crippen molar-refractivity contribution < 1.29 is 28.3 Å². The molecule has 11 nitrogen and oxygen atoms in total. The third-order valence-electron chi connectivity index (χ3n) is 7.58. The molecule has 12 heteroatoms. The summed E-state index contributed by atoms with van der Waals surface area (Å²) in [6, 6.07) is 9.41. The number of hydrogen-bond donors (Lipinski definition) is 4. The Morgan fingerprint density at radius 1 is 0.929 bits per heavy atom. The summed E-state index contributed by atoms with van der Waals surface area (Å²) in [5.41, 5.74) is 9.22. The van der Waals surface area contributed by atoms with Gasteiger partial charge in [-0.3, -0.25) is 4.79 Å². The molecule has 5 N–H and O–H groups in total. The van der Waals surface area contributed by atoms with Crippen LogP contribution in [0.3, 0.4) is 0 Å². The first-order chi connectivity index (χ1) is 19.7. The average Bonchev–Trinajstić information content (AvgIpc) is 2.95. The van der Waals surface area contributed by atoms with Crippen LogP contribution in [0.4, 0.5) is 4.79 Å². The Morgan fingerprint density at radius 2 is 1.48 bits per heavy atom. The Hall–Kier alpha value is -3.64. The number of piperazine rings is 1. The van der Waals surface area contributed by atoms with E-state index in [9.17, 15) is 23.1 Å². The lowest BCUT2D eigenvalue weighted by atomic mass is 9.89. The molecule has 0 unspecified atom stereocenters. The van der Waals surface area contributed by atoms with Crippen LogP contribution < -0.4 is 10.5 Å². The Labute approximate surface area is 248 Å². The second-order valence-corrected chi connectivity index (χ2v) is 13.3. The second kappa shape index (κ2) is 13.6. The summed E-state index contributed by atoms with van der Waals surface area (Å²) >= 11 is 0. The molecule has 0 spiro atoms. The number of carbonyl (C=O) groups is 2. The largest absolute Gasteiger partial charge is 0.465 e. The lowest BCUT2D eigenvalue weighted by Gasteiger charge is -2.35. The number of nitrogens with one attached hydrogen (secondary N) is 1. The summed E-state index contributed by atoms with van der Waals surface area (Å²) in [6.45, 7) is 12.5. The molecule has 1 atom stereocenters. The van der Waals surface area contributed by atoms with Gasteiger partial charge in [0.25, 0.3) is 0 Å². The minimum absolute atomic E-state index is 0.00184. The van der Waals surface area contributed by atoms with E-state index in [1.807, 2.05) is 39.8 Å². The number of hydrogen-bond acceptors (Lipinski definition) is 6. The zero-order valence-corrected chi connectivity index (χ0v) is 26.0. The van der Waals surface area contributed by atoms with Crippen LogP contribution in [0, 0.1) is 0 Å². The summed E-state index contributed by atoms with van der Waals surface area (Å²) < 4.78 is 31.3. The highest BCUT2D eigenvalue weighted by Crippen LogP contribution is 2.35. The van der Waals surface area contributed by atoms with Gasteiger partial charge in [-0.2, -0.15) is 4.72 Å². The molecule has 3 rings (SSSR count). The molecule has 1 heterocycles. The van der Waals surface area contributed by atoms with E-state index >= 15 is 0 Å². The van der Waals surface area contributed by atoms with Crippen molar-refractivity contribution in [2.75, 3.05) is 26.2 Å². The quantitative estimate of drug-likeness (QED) is 0.139. The summed E-state index contributed by atoms with van der Waals surface area (Å²) in [7, 11) is -4.20. The minimum atomic E-state index is -4.20. The van der Waals surface area contributed by atoms with E-state index in [1.165, 1.54) is 9.80 Å². The Balaban J connectivity index is 2.08. The molecule has 0 bridgehead atoms. The van der Waals surface area contributed by atoms with E-state index in [0.29, 0.717) is 22.3 Å². The molecule has 0 aromatic heterocycles. The van der Waals surface area contributed by atoms with Gasteiger partial charge in [-0.25, -0.2) is 13.2 Å². The maximum absolute atomic E-state index is 14.3. The molecule has 1 aliphatic rings. The molecule has 2 amide bonds. The second-order valence-electron chi connectivity index (χ2n) is 11.7. The standard InChI is InChI=1S/C30H43N5O6S/c1-18(2)23-16-24(19(3)4)27(25(17-23)20(5)6)42(40,41)33-26(15-21-8-7-9-22(14-21)28(31)32-39)29(36)34-10-12-35(13-11-34)30(37)38/h7-9,14,16-20,26,33,39H,10-13,15H2,1-6H3,(H2,31,32)(H,37,38)/t26-/m0/s1. The van der Waals surface area contributed by atoms with Gasteiger partial charge in [0, 0.05) is 31.7 Å². The number of carboxylic acid groups (broad SMARTS) is 1. The van der Waals surface area contributed by atoms with E-state index in [0.717, 1.165) is 5.56 Å². The molecule has 2 aromatic rings. The SMILES string of the molecule is CC(C)c1cc(C(C)C)c(S(=O)(=O)N[C@@H](Cc2cccc(/C(N)=N\O)c2)C(=O)N2CCN(C(=O)O)CC2)c(C(C)C)c1. The van der Waals surface area contributed by atoms with Crippen LogP contribution in [0.5, 0.6) is 0 Å². The van der Waals surface area contributed by atoms with Crippen LogP contribution in [0.2, 0.25) is 0 Å². The molecule has 0 saturated carbocycles. The van der Waals surface area contributed by atoms with Gasteiger partial charge < -0.3 is 25.8 Å². The number of oxime groups is 1. The van der Waals surface area contributed by atoms with Crippen LogP contribution in [-0.4, -0.2) is 78.6 Å². The molecule has 2 aromatic carbocycles. The van der Waals surface area contributed by atoms with E-state index in [1.54, 1.807) is 24.3 Å². The fraction of sp³-hybridized carbons (Fsp3) is 0.500. The first-order valence-corrected chi connectivity index (χ1v) is 15.7. The van der Waals surface area contributed by atoms with Gasteiger partial charge in [0.05, 0.1) is 4.90 Å². The zero-order valence-electron chi connectivity index (χ0n) is 25.2. The first-order valence-electron chi connectivity index (χ1n) is 14.2. The summed E-state index contributed by atoms with van der Waals surface area (Å²) in [5.74, 6) is -0.551. The molecule has 1 aliphatic heterocycles. The molecule has 1 saturated heterocycles. The average molecular weight is 602 g/mol. The van der Waals surface area contributed by atoms with Gasteiger partial charge in [0.15, 0.2) is 5.84 Å². The Morgan fingerprint density at radius 3 is 1.95 bits per heavy atom. The van der Waals surface area contributed by atoms with Crippen molar-refractivity contribution in [3.63, 3.8) is 0 Å². The number of amides is 2. The van der Waals surface area contributed by atoms with Crippen LogP contribution in [-0.2, 0) is 21.2 Å². The molecule has 0 radical (unpaired) electrons. The predicted molar refractivity (Wildman–Crippen MR) is 162 cm³/mol. The molecular weight excluding hydrogens is 558 g/mol. The van der Waals surface area contributed by atoms with Gasteiger partial charge in [-0.15, -0.1) is 0 Å². The number of nitrogens with two attached hydrogens (primary N) is 1. The fourth-order valence-electron chi connectivity index (χ4n) is 5.12. The summed E-state index contributed by atoms with van der Waals surface area (Å²) in [4.78, 5) is 28.2. The van der Waals surface area contributed by atoms with Crippen LogP contribution >= 0.6 is 0 Å². The van der Waals surface area contributed by atoms with Gasteiger partial charge >= 0.3 is 6.09 Å². The zero-order chi connectivity index (χ0) is 31.4.